The van der Waals surface area contributed by atoms with Crippen LogP contribution in [0.1, 0.15) is 33.6 Å². The van der Waals surface area contributed by atoms with Crippen LogP contribution in [0.3, 0.4) is 0 Å². The normalized spacial score (nSPS) is 8.80. The lowest BCUT2D eigenvalue weighted by molar-refractivity contribution is -0.116. The monoisotopic (exact) mass is 225 g/mol. The van der Waals surface area contributed by atoms with Gasteiger partial charge in [-0.2, -0.15) is 0 Å². The zero-order chi connectivity index (χ0) is 11.7. The smallest absolute Gasteiger partial charge is 0.224 e. The molecule has 1 amide bonds. The average Bonchev–Trinajstić information content (AvgIpc) is 2.25. The van der Waals surface area contributed by atoms with E-state index in [1.807, 2.05) is 45.0 Å². The van der Waals surface area contributed by atoms with Crippen LogP contribution < -0.4 is 5.32 Å². The second kappa shape index (κ2) is 8.36. The van der Waals surface area contributed by atoms with Crippen molar-refractivity contribution in [3.8, 4) is 0 Å². The van der Waals surface area contributed by atoms with E-state index in [0.29, 0.717) is 6.42 Å². The molecule has 0 aliphatic rings. The predicted molar refractivity (Wildman–Crippen MR) is 68.6 cm³/mol. The topological polar surface area (TPSA) is 29.1 Å². The van der Waals surface area contributed by atoms with Crippen molar-refractivity contribution in [3.05, 3.63) is 24.3 Å². The van der Waals surface area contributed by atoms with Gasteiger partial charge >= 0.3 is 0 Å². The van der Waals surface area contributed by atoms with Gasteiger partial charge in [-0.05, 0) is 30.7 Å². The quantitative estimate of drug-likeness (QED) is 0.754. The minimum absolute atomic E-state index is 0.0643. The lowest BCUT2D eigenvalue weighted by Gasteiger charge is -2.03. The molecule has 0 bridgehead atoms. The Hall–Kier alpha value is -0.960. The number of hydrogen-bond acceptors (Lipinski definition) is 2. The highest BCUT2D eigenvalue weighted by Crippen LogP contribution is 2.12. The van der Waals surface area contributed by atoms with E-state index in [1.54, 1.807) is 0 Å². The molecule has 1 rings (SSSR count). The molecule has 0 unspecified atom stereocenters. The van der Waals surface area contributed by atoms with Crippen LogP contribution in [0.4, 0.5) is 5.69 Å². The zero-order valence-corrected chi connectivity index (χ0v) is 10.5. The van der Waals surface area contributed by atoms with E-state index in [1.165, 1.54) is 0 Å². The standard InChI is InChI=1S/C10H13NOS.C2H6/c1-2-3-10(12)11-8-4-6-9(13)7-5-8;1-2/h4-7,13H,2-3H2,1H3,(H,11,12);1-2H3. The third-order valence-corrected chi connectivity index (χ3v) is 1.93. The molecule has 0 spiro atoms. The minimum atomic E-state index is 0.0643. The Labute approximate surface area is 97.5 Å². The maximum atomic E-state index is 11.2. The number of nitrogens with one attached hydrogen (secondary N) is 1. The first-order valence-electron chi connectivity index (χ1n) is 5.31. The third kappa shape index (κ3) is 6.18. The van der Waals surface area contributed by atoms with Gasteiger partial charge in [0.25, 0.3) is 0 Å². The molecule has 0 fully saturated rings. The molecule has 0 atom stereocenters. The highest BCUT2D eigenvalue weighted by atomic mass is 32.1. The molecule has 84 valence electrons. The van der Waals surface area contributed by atoms with Crippen LogP contribution >= 0.6 is 12.6 Å². The van der Waals surface area contributed by atoms with Crippen LogP contribution in [0.25, 0.3) is 0 Å². The maximum Gasteiger partial charge on any atom is 0.224 e. The fourth-order valence-corrected chi connectivity index (χ4v) is 1.14. The van der Waals surface area contributed by atoms with Gasteiger partial charge < -0.3 is 5.32 Å². The Morgan fingerprint density at radius 3 is 2.27 bits per heavy atom. The summed E-state index contributed by atoms with van der Waals surface area (Å²) >= 11 is 4.15. The van der Waals surface area contributed by atoms with Gasteiger partial charge in [0.15, 0.2) is 0 Å². The number of amides is 1. The average molecular weight is 225 g/mol. The first-order chi connectivity index (χ1) is 7.22. The molecular formula is C12H19NOS. The SMILES string of the molecule is CC.CCCC(=O)Nc1ccc(S)cc1. The summed E-state index contributed by atoms with van der Waals surface area (Å²) in [5.74, 6) is 0.0643. The molecule has 0 radical (unpaired) electrons. The van der Waals surface area contributed by atoms with Crippen LogP contribution in [-0.2, 0) is 4.79 Å². The highest BCUT2D eigenvalue weighted by molar-refractivity contribution is 7.80. The number of benzene rings is 1. The van der Waals surface area contributed by atoms with Crippen molar-refractivity contribution >= 4 is 24.2 Å². The maximum absolute atomic E-state index is 11.2. The molecule has 3 heteroatoms. The molecule has 0 aromatic heterocycles. The fraction of sp³-hybridized carbons (Fsp3) is 0.417. The van der Waals surface area contributed by atoms with Gasteiger partial charge in [0.1, 0.15) is 0 Å². The molecule has 1 aromatic rings. The van der Waals surface area contributed by atoms with Crippen LogP contribution in [0, 0.1) is 0 Å². The fourth-order valence-electron chi connectivity index (χ4n) is 0.995. The number of anilines is 1. The van der Waals surface area contributed by atoms with Gasteiger partial charge in [0.2, 0.25) is 5.91 Å². The van der Waals surface area contributed by atoms with Crippen molar-refractivity contribution in [2.45, 2.75) is 38.5 Å². The van der Waals surface area contributed by atoms with E-state index in [0.717, 1.165) is 17.0 Å². The zero-order valence-electron chi connectivity index (χ0n) is 9.58. The van der Waals surface area contributed by atoms with E-state index in [4.69, 9.17) is 0 Å². The summed E-state index contributed by atoms with van der Waals surface area (Å²) in [6.07, 6.45) is 1.44. The van der Waals surface area contributed by atoms with Gasteiger partial charge in [-0.15, -0.1) is 12.6 Å². The number of carbonyl (C=O) groups excluding carboxylic acids is 1. The summed E-state index contributed by atoms with van der Waals surface area (Å²) in [4.78, 5) is 12.1. The summed E-state index contributed by atoms with van der Waals surface area (Å²) in [5.41, 5.74) is 0.830. The highest BCUT2D eigenvalue weighted by Gasteiger charge is 1.99. The van der Waals surface area contributed by atoms with Crippen LogP contribution in [-0.4, -0.2) is 5.91 Å². The van der Waals surface area contributed by atoms with E-state index in [9.17, 15) is 4.79 Å². The van der Waals surface area contributed by atoms with Gasteiger partial charge in [0.05, 0.1) is 0 Å². The van der Waals surface area contributed by atoms with Crippen molar-refractivity contribution in [1.82, 2.24) is 0 Å². The lowest BCUT2D eigenvalue weighted by atomic mass is 10.3. The van der Waals surface area contributed by atoms with Gasteiger partial charge in [-0.3, -0.25) is 4.79 Å². The van der Waals surface area contributed by atoms with E-state index >= 15 is 0 Å². The van der Waals surface area contributed by atoms with Crippen molar-refractivity contribution in [2.75, 3.05) is 5.32 Å². The molecule has 0 aliphatic carbocycles. The Bertz CT molecular complexity index is 282. The van der Waals surface area contributed by atoms with Gasteiger partial charge in [-0.1, -0.05) is 20.8 Å². The van der Waals surface area contributed by atoms with Crippen molar-refractivity contribution in [1.29, 1.82) is 0 Å². The Morgan fingerprint density at radius 2 is 1.80 bits per heavy atom. The number of thiol groups is 1. The minimum Gasteiger partial charge on any atom is -0.326 e. The summed E-state index contributed by atoms with van der Waals surface area (Å²) in [5, 5.41) is 2.80. The van der Waals surface area contributed by atoms with Crippen molar-refractivity contribution in [2.24, 2.45) is 0 Å². The Balaban J connectivity index is 0.000000921. The van der Waals surface area contributed by atoms with E-state index < -0.39 is 0 Å². The third-order valence-electron chi connectivity index (χ3n) is 1.63. The molecule has 0 saturated carbocycles. The molecule has 0 saturated heterocycles. The van der Waals surface area contributed by atoms with Crippen molar-refractivity contribution < 1.29 is 4.79 Å². The van der Waals surface area contributed by atoms with Crippen LogP contribution in [0.15, 0.2) is 29.2 Å². The first-order valence-corrected chi connectivity index (χ1v) is 5.76. The second-order valence-corrected chi connectivity index (χ2v) is 3.36. The molecule has 0 aliphatic heterocycles. The van der Waals surface area contributed by atoms with Crippen LogP contribution in [0.2, 0.25) is 0 Å². The van der Waals surface area contributed by atoms with E-state index in [-0.39, 0.29) is 5.91 Å². The second-order valence-electron chi connectivity index (χ2n) is 2.85. The van der Waals surface area contributed by atoms with Gasteiger partial charge in [0, 0.05) is 17.0 Å². The molecule has 2 nitrogen and oxygen atoms in total. The van der Waals surface area contributed by atoms with Crippen LogP contribution in [0.5, 0.6) is 0 Å². The molecular weight excluding hydrogens is 206 g/mol. The Morgan fingerprint density at radius 1 is 1.27 bits per heavy atom. The van der Waals surface area contributed by atoms with Crippen molar-refractivity contribution in [3.63, 3.8) is 0 Å². The number of hydrogen-bond donors (Lipinski definition) is 2. The molecule has 15 heavy (non-hydrogen) atoms. The molecule has 1 aromatic carbocycles. The summed E-state index contributed by atoms with van der Waals surface area (Å²) < 4.78 is 0. The number of carbonyl (C=O) groups is 1. The summed E-state index contributed by atoms with van der Waals surface area (Å²) in [7, 11) is 0. The first kappa shape index (κ1) is 14.0. The molecule has 0 heterocycles. The van der Waals surface area contributed by atoms with E-state index in [2.05, 4.69) is 17.9 Å². The van der Waals surface area contributed by atoms with Gasteiger partial charge in [-0.25, -0.2) is 0 Å². The summed E-state index contributed by atoms with van der Waals surface area (Å²) in [6, 6.07) is 7.39. The Kier molecular flexibility index (Phi) is 7.82. The number of rotatable bonds is 3. The molecule has 1 N–H and O–H groups in total. The predicted octanol–water partition coefficient (Wildman–Crippen LogP) is 3.74. The lowest BCUT2D eigenvalue weighted by Crippen LogP contribution is -2.10. The summed E-state index contributed by atoms with van der Waals surface area (Å²) in [6.45, 7) is 5.98. The largest absolute Gasteiger partial charge is 0.326 e.